The van der Waals surface area contributed by atoms with Gasteiger partial charge >= 0.3 is 5.97 Å². The molecule has 13 heteroatoms. The van der Waals surface area contributed by atoms with Gasteiger partial charge in [0.25, 0.3) is 11.8 Å². The number of hydrazine groups is 1. The summed E-state index contributed by atoms with van der Waals surface area (Å²) in [5.74, 6) is -4.08. The highest BCUT2D eigenvalue weighted by Crippen LogP contribution is 2.25. The first-order chi connectivity index (χ1) is 18.0. The zero-order valence-electron chi connectivity index (χ0n) is 21.1. The van der Waals surface area contributed by atoms with Crippen LogP contribution in [0.4, 0.5) is 5.69 Å². The van der Waals surface area contributed by atoms with E-state index in [2.05, 4.69) is 16.0 Å². The Bertz CT molecular complexity index is 1120. The van der Waals surface area contributed by atoms with Gasteiger partial charge in [0.15, 0.2) is 0 Å². The largest absolute Gasteiger partial charge is 0.481 e. The summed E-state index contributed by atoms with van der Waals surface area (Å²) in [7, 11) is 0. The fraction of sp³-hybridized carbons (Fsp3) is 0.480. The van der Waals surface area contributed by atoms with Crippen LogP contribution in [-0.2, 0) is 28.8 Å². The van der Waals surface area contributed by atoms with E-state index in [1.54, 1.807) is 26.0 Å². The highest BCUT2D eigenvalue weighted by Gasteiger charge is 2.45. The molecule has 0 radical (unpaired) electrons. The molecule has 3 atom stereocenters. The molecule has 1 aromatic carbocycles. The molecule has 204 valence electrons. The predicted octanol–water partition coefficient (Wildman–Crippen LogP) is 0.0663. The van der Waals surface area contributed by atoms with Crippen molar-refractivity contribution in [1.82, 2.24) is 20.7 Å². The molecule has 3 rings (SSSR count). The zero-order valence-corrected chi connectivity index (χ0v) is 21.1. The van der Waals surface area contributed by atoms with Crippen LogP contribution in [0, 0.1) is 5.92 Å². The monoisotopic (exact) mass is 529 g/mol. The van der Waals surface area contributed by atoms with Gasteiger partial charge in [0, 0.05) is 30.1 Å². The molecule has 1 aromatic rings. The van der Waals surface area contributed by atoms with E-state index in [1.165, 1.54) is 17.1 Å². The van der Waals surface area contributed by atoms with Crippen molar-refractivity contribution in [3.63, 3.8) is 0 Å². The van der Waals surface area contributed by atoms with Crippen molar-refractivity contribution in [2.45, 2.75) is 64.1 Å². The minimum Gasteiger partial charge on any atom is -0.481 e. The van der Waals surface area contributed by atoms with Crippen molar-refractivity contribution in [3.05, 3.63) is 29.8 Å². The van der Waals surface area contributed by atoms with Crippen LogP contribution in [0.2, 0.25) is 0 Å². The number of nitrogens with one attached hydrogen (secondary N) is 3. The first-order valence-corrected chi connectivity index (χ1v) is 12.3. The van der Waals surface area contributed by atoms with Crippen molar-refractivity contribution < 1.29 is 38.7 Å². The van der Waals surface area contributed by atoms with Gasteiger partial charge in [-0.25, -0.2) is 5.01 Å². The number of aliphatic carboxylic acids is 1. The molecule has 2 aliphatic heterocycles. The van der Waals surface area contributed by atoms with Gasteiger partial charge in [-0.15, -0.1) is 0 Å². The number of aldehydes is 1. The standard InChI is InChI=1S/C25H31N5O8/c1-14(2)22(35)26-16-7-5-15(6-8-16)23(36)28-18-9-10-20(32)29-11-3-4-19(30(29)25(18)38)24(37)27-17(13-31)12-21(33)34/h5-8,13-14,17-19H,3-4,9-12H2,1-2H3,(H,26,35)(H,27,37)(H,28,36)(H,33,34). The fourth-order valence-electron chi connectivity index (χ4n) is 4.24. The summed E-state index contributed by atoms with van der Waals surface area (Å²) in [4.78, 5) is 86.2. The molecule has 13 nitrogen and oxygen atoms in total. The first-order valence-electron chi connectivity index (χ1n) is 12.3. The van der Waals surface area contributed by atoms with E-state index in [-0.39, 0.29) is 43.2 Å². The van der Waals surface area contributed by atoms with E-state index >= 15 is 0 Å². The fourth-order valence-corrected chi connectivity index (χ4v) is 4.24. The summed E-state index contributed by atoms with van der Waals surface area (Å²) in [5.41, 5.74) is 0.730. The Balaban J connectivity index is 1.75. The van der Waals surface area contributed by atoms with Gasteiger partial charge in [-0.2, -0.15) is 0 Å². The summed E-state index contributed by atoms with van der Waals surface area (Å²) in [6.45, 7) is 3.70. The molecule has 0 bridgehead atoms. The molecule has 0 aliphatic carbocycles. The number of carbonyl (C=O) groups is 7. The molecule has 5 amide bonds. The number of amides is 5. The van der Waals surface area contributed by atoms with Gasteiger partial charge in [-0.3, -0.25) is 33.8 Å². The maximum absolute atomic E-state index is 13.5. The lowest BCUT2D eigenvalue weighted by atomic mass is 10.0. The lowest BCUT2D eigenvalue weighted by Gasteiger charge is -2.43. The third-order valence-electron chi connectivity index (χ3n) is 6.29. The number of benzene rings is 1. The maximum atomic E-state index is 13.5. The van der Waals surface area contributed by atoms with Gasteiger partial charge in [0.1, 0.15) is 18.4 Å². The van der Waals surface area contributed by atoms with Crippen molar-refractivity contribution >= 4 is 47.5 Å². The Labute approximate surface area is 218 Å². The van der Waals surface area contributed by atoms with Gasteiger partial charge in [0.2, 0.25) is 17.7 Å². The van der Waals surface area contributed by atoms with E-state index in [4.69, 9.17) is 5.11 Å². The molecule has 4 N–H and O–H groups in total. The summed E-state index contributed by atoms with van der Waals surface area (Å²) in [5, 5.41) is 18.8. The van der Waals surface area contributed by atoms with Crippen LogP contribution >= 0.6 is 0 Å². The second kappa shape index (κ2) is 12.3. The normalized spacial score (nSPS) is 20.2. The van der Waals surface area contributed by atoms with Crippen LogP contribution in [0.25, 0.3) is 0 Å². The van der Waals surface area contributed by atoms with Crippen LogP contribution in [0.15, 0.2) is 24.3 Å². The van der Waals surface area contributed by atoms with Crippen molar-refractivity contribution in [2.24, 2.45) is 5.92 Å². The second-order valence-electron chi connectivity index (χ2n) is 9.49. The molecule has 38 heavy (non-hydrogen) atoms. The molecule has 0 saturated carbocycles. The second-order valence-corrected chi connectivity index (χ2v) is 9.49. The van der Waals surface area contributed by atoms with Crippen LogP contribution in [0.3, 0.4) is 0 Å². The van der Waals surface area contributed by atoms with Crippen LogP contribution in [0.5, 0.6) is 0 Å². The first kappa shape index (κ1) is 28.3. The molecule has 0 aromatic heterocycles. The molecule has 0 spiro atoms. The molecule has 2 fully saturated rings. The number of rotatable bonds is 9. The summed E-state index contributed by atoms with van der Waals surface area (Å²) < 4.78 is 0. The topological polar surface area (TPSA) is 182 Å². The lowest BCUT2D eigenvalue weighted by molar-refractivity contribution is -0.176. The number of fused-ring (bicyclic) bond motifs is 1. The Kier molecular flexibility index (Phi) is 9.16. The number of hydrogen-bond donors (Lipinski definition) is 4. The Morgan fingerprint density at radius 1 is 1.11 bits per heavy atom. The molecule has 2 heterocycles. The number of carboxylic acid groups (broad SMARTS) is 1. The number of hydrogen-bond acceptors (Lipinski definition) is 7. The highest BCUT2D eigenvalue weighted by molar-refractivity contribution is 6.00. The minimum absolute atomic E-state index is 0.0171. The highest BCUT2D eigenvalue weighted by atomic mass is 16.4. The van der Waals surface area contributed by atoms with Crippen molar-refractivity contribution in [2.75, 3.05) is 11.9 Å². The maximum Gasteiger partial charge on any atom is 0.305 e. The molecule has 2 saturated heterocycles. The van der Waals surface area contributed by atoms with Crippen LogP contribution < -0.4 is 16.0 Å². The van der Waals surface area contributed by atoms with Crippen LogP contribution in [0.1, 0.15) is 56.3 Å². The Hall–Kier alpha value is -4.29. The molecule has 3 unspecified atom stereocenters. The number of carboxylic acids is 1. The quantitative estimate of drug-likeness (QED) is 0.324. The molecular formula is C25H31N5O8. The van der Waals surface area contributed by atoms with E-state index in [9.17, 15) is 33.6 Å². The van der Waals surface area contributed by atoms with E-state index < -0.39 is 54.1 Å². The molecule has 2 aliphatic rings. The van der Waals surface area contributed by atoms with Gasteiger partial charge < -0.3 is 25.9 Å². The van der Waals surface area contributed by atoms with Gasteiger partial charge in [-0.05, 0) is 43.5 Å². The number of carbonyl (C=O) groups excluding carboxylic acids is 6. The van der Waals surface area contributed by atoms with Crippen molar-refractivity contribution in [3.8, 4) is 0 Å². The van der Waals surface area contributed by atoms with E-state index in [0.29, 0.717) is 18.4 Å². The lowest BCUT2D eigenvalue weighted by Crippen LogP contribution is -2.64. The third kappa shape index (κ3) is 6.72. The summed E-state index contributed by atoms with van der Waals surface area (Å²) in [6.07, 6.45) is 0.238. The average Bonchev–Trinajstić information content (AvgIpc) is 3.00. The molecular weight excluding hydrogens is 498 g/mol. The third-order valence-corrected chi connectivity index (χ3v) is 6.29. The van der Waals surface area contributed by atoms with Gasteiger partial charge in [-0.1, -0.05) is 13.8 Å². The SMILES string of the molecule is CC(C)C(=O)Nc1ccc(C(=O)NC2CCC(=O)N3CCCC(C(=O)NC(C=O)CC(=O)O)N3C2=O)cc1. The smallest absolute Gasteiger partial charge is 0.305 e. The summed E-state index contributed by atoms with van der Waals surface area (Å²) >= 11 is 0. The van der Waals surface area contributed by atoms with Crippen molar-refractivity contribution in [1.29, 1.82) is 0 Å². The number of anilines is 1. The predicted molar refractivity (Wildman–Crippen MR) is 132 cm³/mol. The van der Waals surface area contributed by atoms with E-state index in [1.807, 2.05) is 0 Å². The minimum atomic E-state index is -1.29. The van der Waals surface area contributed by atoms with Crippen LogP contribution in [-0.4, -0.2) is 81.6 Å². The Morgan fingerprint density at radius 2 is 1.79 bits per heavy atom. The average molecular weight is 530 g/mol. The Morgan fingerprint density at radius 3 is 2.39 bits per heavy atom. The van der Waals surface area contributed by atoms with E-state index in [0.717, 1.165) is 5.01 Å². The summed E-state index contributed by atoms with van der Waals surface area (Å²) in [6, 6.07) is 2.54. The zero-order chi connectivity index (χ0) is 28.0. The van der Waals surface area contributed by atoms with Gasteiger partial charge in [0.05, 0.1) is 12.5 Å². The number of nitrogens with zero attached hydrogens (tertiary/aromatic N) is 2.